The molecule has 92 valence electrons. The summed E-state index contributed by atoms with van der Waals surface area (Å²) in [5.74, 6) is 0.114. The first-order valence-corrected chi connectivity index (χ1v) is 6.20. The molecule has 3 nitrogen and oxygen atoms in total. The van der Waals surface area contributed by atoms with Crippen molar-refractivity contribution in [2.24, 2.45) is 0 Å². The van der Waals surface area contributed by atoms with Crippen LogP contribution in [0.15, 0.2) is 24.3 Å². The number of aryl methyl sites for hydroxylation is 1. The second kappa shape index (κ2) is 5.32. The average Bonchev–Trinajstić information content (AvgIpc) is 2.38. The summed E-state index contributed by atoms with van der Waals surface area (Å²) in [6.07, 6.45) is 1.14. The van der Waals surface area contributed by atoms with Crippen LogP contribution in [0.5, 0.6) is 0 Å². The summed E-state index contributed by atoms with van der Waals surface area (Å²) >= 11 is 0. The van der Waals surface area contributed by atoms with Crippen LogP contribution in [0.3, 0.4) is 0 Å². The Morgan fingerprint density at radius 3 is 2.71 bits per heavy atom. The average molecular weight is 233 g/mol. The highest BCUT2D eigenvalue weighted by molar-refractivity contribution is 5.94. The van der Waals surface area contributed by atoms with E-state index < -0.39 is 0 Å². The van der Waals surface area contributed by atoms with Gasteiger partial charge >= 0.3 is 0 Å². The highest BCUT2D eigenvalue weighted by Gasteiger charge is 2.22. The number of amides is 1. The van der Waals surface area contributed by atoms with Gasteiger partial charge < -0.3 is 9.64 Å². The van der Waals surface area contributed by atoms with Crippen molar-refractivity contribution in [3.8, 4) is 0 Å². The van der Waals surface area contributed by atoms with Gasteiger partial charge in [0.05, 0.1) is 12.7 Å². The fourth-order valence-corrected chi connectivity index (χ4v) is 2.07. The fraction of sp³-hybridized carbons (Fsp3) is 0.500. The van der Waals surface area contributed by atoms with Crippen molar-refractivity contribution >= 4 is 5.91 Å². The zero-order chi connectivity index (χ0) is 12.3. The fourth-order valence-electron chi connectivity index (χ4n) is 2.07. The van der Waals surface area contributed by atoms with Gasteiger partial charge in [0, 0.05) is 18.7 Å². The molecule has 1 saturated heterocycles. The Labute approximate surface area is 102 Å². The molecule has 0 saturated carbocycles. The third-order valence-electron chi connectivity index (χ3n) is 3.14. The summed E-state index contributed by atoms with van der Waals surface area (Å²) < 4.78 is 5.44. The van der Waals surface area contributed by atoms with Crippen molar-refractivity contribution < 1.29 is 9.53 Å². The Morgan fingerprint density at radius 2 is 2.12 bits per heavy atom. The minimum Gasteiger partial charge on any atom is -0.375 e. The van der Waals surface area contributed by atoms with Crippen molar-refractivity contribution in [1.82, 2.24) is 4.90 Å². The topological polar surface area (TPSA) is 29.5 Å². The lowest BCUT2D eigenvalue weighted by molar-refractivity contribution is -0.0124. The van der Waals surface area contributed by atoms with Crippen molar-refractivity contribution in [3.63, 3.8) is 0 Å². The largest absolute Gasteiger partial charge is 0.375 e. The minimum absolute atomic E-state index is 0.114. The van der Waals surface area contributed by atoms with E-state index in [0.29, 0.717) is 19.7 Å². The molecule has 3 heteroatoms. The molecule has 1 aliphatic heterocycles. The van der Waals surface area contributed by atoms with Gasteiger partial charge in [-0.15, -0.1) is 0 Å². The zero-order valence-corrected chi connectivity index (χ0v) is 10.5. The van der Waals surface area contributed by atoms with Crippen LogP contribution in [0.4, 0.5) is 0 Å². The van der Waals surface area contributed by atoms with E-state index >= 15 is 0 Å². The van der Waals surface area contributed by atoms with Gasteiger partial charge in [-0.25, -0.2) is 0 Å². The molecule has 0 spiro atoms. The lowest BCUT2D eigenvalue weighted by Gasteiger charge is -2.31. The number of hydrogen-bond acceptors (Lipinski definition) is 2. The molecule has 0 aliphatic carbocycles. The minimum atomic E-state index is 0.114. The lowest BCUT2D eigenvalue weighted by atomic mass is 10.1. The van der Waals surface area contributed by atoms with E-state index in [0.717, 1.165) is 12.0 Å². The van der Waals surface area contributed by atoms with E-state index in [1.54, 1.807) is 0 Å². The third kappa shape index (κ3) is 2.86. The monoisotopic (exact) mass is 233 g/mol. The lowest BCUT2D eigenvalue weighted by Crippen LogP contribution is -2.44. The Bertz CT molecular complexity index is 386. The van der Waals surface area contributed by atoms with E-state index in [4.69, 9.17) is 4.74 Å². The molecule has 2 rings (SSSR count). The Balaban J connectivity index is 2.07. The highest BCUT2D eigenvalue weighted by atomic mass is 16.5. The second-order valence-corrected chi connectivity index (χ2v) is 4.48. The molecule has 1 aliphatic rings. The SMILES string of the molecule is CCc1ccc(C(=O)N2CCOC(C)C2)cc1. The molecule has 0 aromatic heterocycles. The van der Waals surface area contributed by atoms with Crippen LogP contribution in [0.1, 0.15) is 29.8 Å². The number of rotatable bonds is 2. The van der Waals surface area contributed by atoms with Crippen LogP contribution in [-0.4, -0.2) is 36.6 Å². The summed E-state index contributed by atoms with van der Waals surface area (Å²) in [6, 6.07) is 7.89. The maximum Gasteiger partial charge on any atom is 0.254 e. The van der Waals surface area contributed by atoms with E-state index in [2.05, 4.69) is 6.92 Å². The molecule has 1 atom stereocenters. The standard InChI is InChI=1S/C14H19NO2/c1-3-12-4-6-13(7-5-12)14(16)15-8-9-17-11(2)10-15/h4-7,11H,3,8-10H2,1-2H3. The van der Waals surface area contributed by atoms with Crippen LogP contribution in [-0.2, 0) is 11.2 Å². The van der Waals surface area contributed by atoms with Gasteiger partial charge in [0.1, 0.15) is 0 Å². The molecule has 0 radical (unpaired) electrons. The van der Waals surface area contributed by atoms with Crippen molar-refractivity contribution in [1.29, 1.82) is 0 Å². The Hall–Kier alpha value is -1.35. The van der Waals surface area contributed by atoms with Gasteiger partial charge in [0.25, 0.3) is 5.91 Å². The summed E-state index contributed by atoms with van der Waals surface area (Å²) in [4.78, 5) is 14.1. The van der Waals surface area contributed by atoms with Crippen molar-refractivity contribution in [2.45, 2.75) is 26.4 Å². The number of carbonyl (C=O) groups is 1. The number of morpholine rings is 1. The van der Waals surface area contributed by atoms with Gasteiger partial charge in [0.15, 0.2) is 0 Å². The number of ether oxygens (including phenoxy) is 1. The highest BCUT2D eigenvalue weighted by Crippen LogP contribution is 2.11. The molecule has 1 fully saturated rings. The molecule has 1 unspecified atom stereocenters. The Kier molecular flexibility index (Phi) is 3.79. The second-order valence-electron chi connectivity index (χ2n) is 4.48. The zero-order valence-electron chi connectivity index (χ0n) is 10.5. The summed E-state index contributed by atoms with van der Waals surface area (Å²) in [5, 5.41) is 0. The van der Waals surface area contributed by atoms with Gasteiger partial charge in [-0.3, -0.25) is 4.79 Å². The van der Waals surface area contributed by atoms with Crippen molar-refractivity contribution in [2.75, 3.05) is 19.7 Å². The van der Waals surface area contributed by atoms with Crippen LogP contribution < -0.4 is 0 Å². The molecule has 1 aromatic rings. The molecular formula is C14H19NO2. The van der Waals surface area contributed by atoms with Gasteiger partial charge in [-0.05, 0) is 31.0 Å². The van der Waals surface area contributed by atoms with Gasteiger partial charge in [-0.2, -0.15) is 0 Å². The molecule has 0 bridgehead atoms. The van der Waals surface area contributed by atoms with Crippen LogP contribution >= 0.6 is 0 Å². The molecule has 0 N–H and O–H groups in total. The van der Waals surface area contributed by atoms with Crippen LogP contribution in [0, 0.1) is 0 Å². The predicted octanol–water partition coefficient (Wildman–Crippen LogP) is 2.11. The summed E-state index contributed by atoms with van der Waals surface area (Å²) in [7, 11) is 0. The van der Waals surface area contributed by atoms with Crippen LogP contribution in [0.25, 0.3) is 0 Å². The molecule has 17 heavy (non-hydrogen) atoms. The van der Waals surface area contributed by atoms with E-state index in [9.17, 15) is 4.79 Å². The van der Waals surface area contributed by atoms with Gasteiger partial charge in [-0.1, -0.05) is 19.1 Å². The van der Waals surface area contributed by atoms with E-state index in [1.807, 2.05) is 36.1 Å². The number of hydrogen-bond donors (Lipinski definition) is 0. The van der Waals surface area contributed by atoms with Gasteiger partial charge in [0.2, 0.25) is 0 Å². The molecule has 1 heterocycles. The number of nitrogens with zero attached hydrogens (tertiary/aromatic N) is 1. The summed E-state index contributed by atoms with van der Waals surface area (Å²) in [6.45, 7) is 6.13. The maximum atomic E-state index is 12.2. The quantitative estimate of drug-likeness (QED) is 0.783. The van der Waals surface area contributed by atoms with E-state index in [-0.39, 0.29) is 12.0 Å². The predicted molar refractivity (Wildman–Crippen MR) is 67.1 cm³/mol. The maximum absolute atomic E-state index is 12.2. The third-order valence-corrected chi connectivity index (χ3v) is 3.14. The first-order chi connectivity index (χ1) is 8.20. The van der Waals surface area contributed by atoms with Crippen LogP contribution in [0.2, 0.25) is 0 Å². The Morgan fingerprint density at radius 1 is 1.41 bits per heavy atom. The molecular weight excluding hydrogens is 214 g/mol. The smallest absolute Gasteiger partial charge is 0.254 e. The number of benzene rings is 1. The summed E-state index contributed by atoms with van der Waals surface area (Å²) in [5.41, 5.74) is 2.04. The molecule has 1 aromatic carbocycles. The number of carbonyl (C=O) groups excluding carboxylic acids is 1. The molecule has 1 amide bonds. The normalized spacial score (nSPS) is 20.4. The van der Waals surface area contributed by atoms with E-state index in [1.165, 1.54) is 5.56 Å². The first-order valence-electron chi connectivity index (χ1n) is 6.20. The van der Waals surface area contributed by atoms with Crippen molar-refractivity contribution in [3.05, 3.63) is 35.4 Å². The first kappa shape index (κ1) is 12.1.